The summed E-state index contributed by atoms with van der Waals surface area (Å²) in [5.41, 5.74) is 0.0610. The number of anilines is 1. The van der Waals surface area contributed by atoms with E-state index >= 15 is 0 Å². The quantitative estimate of drug-likeness (QED) is 0.249. The number of pyridine rings is 1. The Balaban J connectivity index is 1.47. The van der Waals surface area contributed by atoms with Crippen molar-refractivity contribution >= 4 is 34.9 Å². The van der Waals surface area contributed by atoms with Gasteiger partial charge in [0.2, 0.25) is 5.91 Å². The van der Waals surface area contributed by atoms with Crippen molar-refractivity contribution in [3.05, 3.63) is 69.7 Å². The lowest BCUT2D eigenvalue weighted by molar-refractivity contribution is -0.141. The first-order valence-electron chi connectivity index (χ1n) is 11.6. The molecule has 0 unspecified atom stereocenters. The van der Waals surface area contributed by atoms with E-state index in [0.29, 0.717) is 46.5 Å². The Kier molecular flexibility index (Phi) is 6.68. The lowest BCUT2D eigenvalue weighted by Crippen LogP contribution is -2.36. The molecule has 198 valence electrons. The number of benzene rings is 1. The number of halogens is 6. The van der Waals surface area contributed by atoms with Gasteiger partial charge in [-0.05, 0) is 37.6 Å². The summed E-state index contributed by atoms with van der Waals surface area (Å²) in [7, 11) is 0. The van der Waals surface area contributed by atoms with E-state index in [9.17, 15) is 22.4 Å². The van der Waals surface area contributed by atoms with Gasteiger partial charge in [-0.15, -0.1) is 0 Å². The highest BCUT2D eigenvalue weighted by Gasteiger charge is 2.34. The van der Waals surface area contributed by atoms with Crippen molar-refractivity contribution in [1.82, 2.24) is 24.5 Å². The van der Waals surface area contributed by atoms with Crippen molar-refractivity contribution in [2.45, 2.75) is 45.6 Å². The molecule has 0 spiro atoms. The Bertz CT molecular complexity index is 1550. The molecule has 0 fully saturated rings. The zero-order valence-corrected chi connectivity index (χ0v) is 21.6. The Hall–Kier alpha value is -3.44. The second-order valence-electron chi connectivity index (χ2n) is 9.06. The number of hydrogen-bond acceptors (Lipinski definition) is 4. The number of amides is 1. The number of carbonyl (C=O) groups excluding carboxylic acids is 1. The van der Waals surface area contributed by atoms with Crippen LogP contribution >= 0.6 is 23.2 Å². The van der Waals surface area contributed by atoms with Crippen LogP contribution in [-0.4, -0.2) is 30.5 Å². The SMILES string of the molecule is CC(C)n1ncc(Cl)c1-c1cc2n(n1)CCC(=O)N2Cc1ccc(-c2nc(C(F)(F)F)ccc2F)c(Cl)c1. The lowest BCUT2D eigenvalue weighted by Gasteiger charge is -2.27. The largest absolute Gasteiger partial charge is 0.433 e. The predicted molar refractivity (Wildman–Crippen MR) is 134 cm³/mol. The minimum atomic E-state index is -4.73. The molecule has 7 nitrogen and oxygen atoms in total. The van der Waals surface area contributed by atoms with Crippen LogP contribution in [0.15, 0.2) is 42.6 Å². The Morgan fingerprint density at radius 3 is 2.53 bits per heavy atom. The van der Waals surface area contributed by atoms with Crippen molar-refractivity contribution in [3.63, 3.8) is 0 Å². The van der Waals surface area contributed by atoms with Gasteiger partial charge >= 0.3 is 6.18 Å². The monoisotopic (exact) mass is 566 g/mol. The standard InChI is InChI=1S/C25H20Cl2F4N6O/c1-13(2)37-24(17(27)11-32-37)19-10-21-35(22(38)7-8-36(21)34-19)12-14-3-4-15(16(26)9-14)23-18(28)5-6-20(33-23)25(29,30)31/h3-6,9-11,13H,7-8,12H2,1-2H3. The molecule has 1 aromatic carbocycles. The van der Waals surface area contributed by atoms with Gasteiger partial charge in [-0.1, -0.05) is 35.3 Å². The number of rotatable bonds is 5. The van der Waals surface area contributed by atoms with E-state index < -0.39 is 23.4 Å². The molecule has 4 aromatic rings. The third kappa shape index (κ3) is 4.76. The maximum atomic E-state index is 14.4. The van der Waals surface area contributed by atoms with Gasteiger partial charge < -0.3 is 0 Å². The second kappa shape index (κ2) is 9.70. The fourth-order valence-electron chi connectivity index (χ4n) is 4.33. The van der Waals surface area contributed by atoms with E-state index in [2.05, 4.69) is 15.2 Å². The van der Waals surface area contributed by atoms with Crippen molar-refractivity contribution in [1.29, 1.82) is 0 Å². The fourth-order valence-corrected chi connectivity index (χ4v) is 4.85. The Labute approximate surface area is 224 Å². The predicted octanol–water partition coefficient (Wildman–Crippen LogP) is 6.79. The molecule has 1 aliphatic heterocycles. The minimum absolute atomic E-state index is 0.000466. The topological polar surface area (TPSA) is 68.8 Å². The summed E-state index contributed by atoms with van der Waals surface area (Å²) in [4.78, 5) is 17.9. The number of alkyl halides is 3. The van der Waals surface area contributed by atoms with Crippen LogP contribution in [0.5, 0.6) is 0 Å². The molecule has 1 amide bonds. The summed E-state index contributed by atoms with van der Waals surface area (Å²) in [5.74, 6) is -0.526. The molecule has 0 N–H and O–H groups in total. The van der Waals surface area contributed by atoms with E-state index in [1.807, 2.05) is 13.8 Å². The number of carbonyl (C=O) groups is 1. The number of fused-ring (bicyclic) bond motifs is 1. The van der Waals surface area contributed by atoms with Crippen LogP contribution in [0, 0.1) is 5.82 Å². The summed E-state index contributed by atoms with van der Waals surface area (Å²) >= 11 is 12.7. The highest BCUT2D eigenvalue weighted by molar-refractivity contribution is 6.33. The molecule has 0 saturated heterocycles. The molecule has 0 saturated carbocycles. The average molecular weight is 567 g/mol. The number of aryl methyl sites for hydroxylation is 1. The Morgan fingerprint density at radius 2 is 1.84 bits per heavy atom. The highest BCUT2D eigenvalue weighted by atomic mass is 35.5. The molecule has 3 aromatic heterocycles. The molecule has 5 rings (SSSR count). The van der Waals surface area contributed by atoms with Crippen LogP contribution in [-0.2, 0) is 24.1 Å². The molecule has 1 aliphatic rings. The van der Waals surface area contributed by atoms with Crippen molar-refractivity contribution < 1.29 is 22.4 Å². The average Bonchev–Trinajstić information content (AvgIpc) is 3.44. The number of hydrogen-bond donors (Lipinski definition) is 0. The molecule has 38 heavy (non-hydrogen) atoms. The van der Waals surface area contributed by atoms with Crippen LogP contribution in [0.25, 0.3) is 22.6 Å². The normalized spacial score (nSPS) is 13.9. The van der Waals surface area contributed by atoms with Gasteiger partial charge in [0.1, 0.15) is 34.4 Å². The van der Waals surface area contributed by atoms with E-state index in [1.165, 1.54) is 12.1 Å². The van der Waals surface area contributed by atoms with Gasteiger partial charge in [0.15, 0.2) is 0 Å². The molecule has 0 radical (unpaired) electrons. The summed E-state index contributed by atoms with van der Waals surface area (Å²) in [6, 6.07) is 7.51. The lowest BCUT2D eigenvalue weighted by atomic mass is 10.1. The van der Waals surface area contributed by atoms with Gasteiger partial charge in [0.25, 0.3) is 0 Å². The molecule has 0 aliphatic carbocycles. The first kappa shape index (κ1) is 26.2. The third-order valence-corrected chi connectivity index (χ3v) is 6.71. The van der Waals surface area contributed by atoms with E-state index in [4.69, 9.17) is 23.2 Å². The van der Waals surface area contributed by atoms with Crippen molar-refractivity contribution in [2.24, 2.45) is 0 Å². The van der Waals surface area contributed by atoms with Crippen LogP contribution < -0.4 is 4.90 Å². The summed E-state index contributed by atoms with van der Waals surface area (Å²) in [5, 5.41) is 9.39. The summed E-state index contributed by atoms with van der Waals surface area (Å²) in [6.07, 6.45) is -2.97. The smallest absolute Gasteiger partial charge is 0.292 e. The first-order chi connectivity index (χ1) is 17.9. The van der Waals surface area contributed by atoms with Crippen molar-refractivity contribution in [3.8, 4) is 22.6 Å². The van der Waals surface area contributed by atoms with Crippen molar-refractivity contribution in [2.75, 3.05) is 4.90 Å². The Morgan fingerprint density at radius 1 is 1.08 bits per heavy atom. The fraction of sp³-hybridized carbons (Fsp3) is 0.280. The van der Waals surface area contributed by atoms with Crippen LogP contribution in [0.2, 0.25) is 10.0 Å². The summed E-state index contributed by atoms with van der Waals surface area (Å²) in [6.45, 7) is 4.43. The minimum Gasteiger partial charge on any atom is -0.292 e. The van der Waals surface area contributed by atoms with Gasteiger partial charge in [-0.25, -0.2) is 14.1 Å². The highest BCUT2D eigenvalue weighted by Crippen LogP contribution is 2.36. The second-order valence-corrected chi connectivity index (χ2v) is 9.87. The van der Waals surface area contributed by atoms with Crippen LogP contribution in [0.3, 0.4) is 0 Å². The number of nitrogens with zero attached hydrogens (tertiary/aromatic N) is 6. The zero-order chi connectivity index (χ0) is 27.4. The van der Waals surface area contributed by atoms with Crippen LogP contribution in [0.1, 0.15) is 37.6 Å². The zero-order valence-electron chi connectivity index (χ0n) is 20.1. The van der Waals surface area contributed by atoms with Gasteiger partial charge in [-0.3, -0.25) is 14.4 Å². The molecule has 0 atom stereocenters. The van der Waals surface area contributed by atoms with Crippen LogP contribution in [0.4, 0.5) is 23.4 Å². The van der Waals surface area contributed by atoms with E-state index in [0.717, 1.165) is 0 Å². The molecular weight excluding hydrogens is 547 g/mol. The van der Waals surface area contributed by atoms with E-state index in [-0.39, 0.29) is 35.5 Å². The molecular formula is C25H20Cl2F4N6O. The van der Waals surface area contributed by atoms with Gasteiger partial charge in [-0.2, -0.15) is 23.4 Å². The van der Waals surface area contributed by atoms with Gasteiger partial charge in [0, 0.05) is 24.1 Å². The van der Waals surface area contributed by atoms with E-state index in [1.54, 1.807) is 32.6 Å². The molecule has 4 heterocycles. The molecule has 13 heteroatoms. The molecule has 0 bridgehead atoms. The maximum absolute atomic E-state index is 14.4. The first-order valence-corrected chi connectivity index (χ1v) is 12.3. The third-order valence-electron chi connectivity index (χ3n) is 6.12. The van der Waals surface area contributed by atoms with Gasteiger partial charge in [0.05, 0.1) is 29.3 Å². The maximum Gasteiger partial charge on any atom is 0.433 e. The number of aromatic nitrogens is 5. The summed E-state index contributed by atoms with van der Waals surface area (Å²) < 4.78 is 57.1.